The maximum Gasteiger partial charge on any atom is 0.337 e. The third-order valence-corrected chi connectivity index (χ3v) is 3.96. The summed E-state index contributed by atoms with van der Waals surface area (Å²) in [6.07, 6.45) is 1.25. The van der Waals surface area contributed by atoms with E-state index in [2.05, 4.69) is 23.9 Å². The van der Waals surface area contributed by atoms with Gasteiger partial charge in [0.25, 0.3) is 0 Å². The Kier molecular flexibility index (Phi) is 4.22. The van der Waals surface area contributed by atoms with Crippen molar-refractivity contribution in [3.63, 3.8) is 0 Å². The van der Waals surface area contributed by atoms with Crippen molar-refractivity contribution >= 4 is 5.97 Å². The smallest absolute Gasteiger partial charge is 0.337 e. The number of methoxy groups -OCH3 is 1. The van der Waals surface area contributed by atoms with Gasteiger partial charge in [0.1, 0.15) is 0 Å². The summed E-state index contributed by atoms with van der Waals surface area (Å²) >= 11 is 0. The summed E-state index contributed by atoms with van der Waals surface area (Å²) < 4.78 is 10.3. The van der Waals surface area contributed by atoms with E-state index < -0.39 is 0 Å². The molecule has 0 bridgehead atoms. The van der Waals surface area contributed by atoms with Gasteiger partial charge >= 0.3 is 5.97 Å². The van der Waals surface area contributed by atoms with E-state index in [4.69, 9.17) is 4.74 Å². The van der Waals surface area contributed by atoms with Crippen molar-refractivity contribution < 1.29 is 14.3 Å². The zero-order valence-corrected chi connectivity index (χ0v) is 11.7. The van der Waals surface area contributed by atoms with Gasteiger partial charge in [-0.2, -0.15) is 0 Å². The summed E-state index contributed by atoms with van der Waals surface area (Å²) in [6.45, 7) is 5.87. The average Bonchev–Trinajstić information content (AvgIpc) is 2.77. The van der Waals surface area contributed by atoms with Crippen molar-refractivity contribution in [1.82, 2.24) is 5.32 Å². The summed E-state index contributed by atoms with van der Waals surface area (Å²) in [4.78, 5) is 11.3. The van der Waals surface area contributed by atoms with Crippen molar-refractivity contribution in [3.8, 4) is 0 Å². The van der Waals surface area contributed by atoms with Crippen molar-refractivity contribution in [2.75, 3.05) is 13.7 Å². The molecule has 0 radical (unpaired) electrons. The molecule has 104 valence electrons. The van der Waals surface area contributed by atoms with Gasteiger partial charge in [-0.1, -0.05) is 12.1 Å². The van der Waals surface area contributed by atoms with Crippen LogP contribution in [0.3, 0.4) is 0 Å². The molecule has 0 aliphatic carbocycles. The molecular formula is C15H21NO3. The maximum absolute atomic E-state index is 11.3. The van der Waals surface area contributed by atoms with E-state index in [0.717, 1.165) is 25.1 Å². The van der Waals surface area contributed by atoms with Crippen LogP contribution < -0.4 is 5.32 Å². The van der Waals surface area contributed by atoms with E-state index in [-0.39, 0.29) is 17.6 Å². The first-order chi connectivity index (χ1) is 9.05. The molecule has 4 nitrogen and oxygen atoms in total. The second-order valence-electron chi connectivity index (χ2n) is 5.22. The van der Waals surface area contributed by atoms with Gasteiger partial charge in [-0.25, -0.2) is 4.79 Å². The van der Waals surface area contributed by atoms with Crippen LogP contribution in [0.5, 0.6) is 0 Å². The number of hydrogen-bond acceptors (Lipinski definition) is 4. The van der Waals surface area contributed by atoms with Crippen molar-refractivity contribution in [3.05, 3.63) is 35.4 Å². The van der Waals surface area contributed by atoms with Gasteiger partial charge in [0.05, 0.1) is 18.8 Å². The minimum Gasteiger partial charge on any atom is -0.465 e. The Balaban J connectivity index is 1.95. The summed E-state index contributed by atoms with van der Waals surface area (Å²) in [6, 6.07) is 7.48. The van der Waals surface area contributed by atoms with Crippen LogP contribution in [0, 0.1) is 0 Å². The summed E-state index contributed by atoms with van der Waals surface area (Å²) in [7, 11) is 1.39. The van der Waals surface area contributed by atoms with Gasteiger partial charge in [-0.05, 0) is 38.0 Å². The number of nitrogens with one attached hydrogen (secondary N) is 1. The molecule has 1 aromatic carbocycles. The van der Waals surface area contributed by atoms with Crippen LogP contribution >= 0.6 is 0 Å². The minimum absolute atomic E-state index is 0.0288. The highest BCUT2D eigenvalue weighted by molar-refractivity contribution is 5.89. The summed E-state index contributed by atoms with van der Waals surface area (Å²) in [5.41, 5.74) is 1.75. The standard InChI is InChI=1S/C15H21NO3/c1-11-15(2,8-9-19-11)16-10-12-4-6-13(7-5-12)14(17)18-3/h4-7,11,16H,8-10H2,1-3H3. The lowest BCUT2D eigenvalue weighted by Gasteiger charge is -2.29. The van der Waals surface area contributed by atoms with Crippen LogP contribution in [-0.2, 0) is 16.0 Å². The quantitative estimate of drug-likeness (QED) is 0.845. The van der Waals surface area contributed by atoms with Gasteiger partial charge in [0.15, 0.2) is 0 Å². The monoisotopic (exact) mass is 263 g/mol. The molecule has 19 heavy (non-hydrogen) atoms. The zero-order chi connectivity index (χ0) is 13.9. The number of hydrogen-bond donors (Lipinski definition) is 1. The van der Waals surface area contributed by atoms with Crippen LogP contribution in [0.1, 0.15) is 36.2 Å². The predicted molar refractivity (Wildman–Crippen MR) is 73.1 cm³/mol. The molecule has 2 atom stereocenters. The van der Waals surface area contributed by atoms with Crippen LogP contribution in [-0.4, -0.2) is 31.3 Å². The first-order valence-corrected chi connectivity index (χ1v) is 6.59. The van der Waals surface area contributed by atoms with Crippen molar-refractivity contribution in [2.24, 2.45) is 0 Å². The molecule has 0 aromatic heterocycles. The molecule has 2 rings (SSSR count). The lowest BCUT2D eigenvalue weighted by molar-refractivity contribution is 0.0600. The molecule has 1 aliphatic rings. The summed E-state index contributed by atoms with van der Waals surface area (Å²) in [5.74, 6) is -0.302. The van der Waals surface area contributed by atoms with E-state index in [0.29, 0.717) is 5.56 Å². The Hall–Kier alpha value is -1.39. The van der Waals surface area contributed by atoms with Crippen LogP contribution in [0.2, 0.25) is 0 Å². The number of carbonyl (C=O) groups is 1. The molecular weight excluding hydrogens is 242 g/mol. The van der Waals surface area contributed by atoms with E-state index in [1.807, 2.05) is 12.1 Å². The fourth-order valence-corrected chi connectivity index (χ4v) is 2.25. The van der Waals surface area contributed by atoms with E-state index in [9.17, 15) is 4.79 Å². The average molecular weight is 263 g/mol. The lowest BCUT2D eigenvalue weighted by atomic mass is 9.94. The molecule has 1 saturated heterocycles. The second kappa shape index (κ2) is 5.72. The first kappa shape index (κ1) is 14.0. The van der Waals surface area contributed by atoms with Crippen LogP contribution in [0.4, 0.5) is 0 Å². The fourth-order valence-electron chi connectivity index (χ4n) is 2.25. The van der Waals surface area contributed by atoms with E-state index in [1.165, 1.54) is 7.11 Å². The normalized spacial score (nSPS) is 26.4. The van der Waals surface area contributed by atoms with Gasteiger partial charge in [0, 0.05) is 18.7 Å². The molecule has 1 N–H and O–H groups in total. The van der Waals surface area contributed by atoms with Crippen molar-refractivity contribution in [2.45, 2.75) is 38.5 Å². The largest absolute Gasteiger partial charge is 0.465 e. The molecule has 2 unspecified atom stereocenters. The van der Waals surface area contributed by atoms with E-state index in [1.54, 1.807) is 12.1 Å². The van der Waals surface area contributed by atoms with Gasteiger partial charge < -0.3 is 14.8 Å². The Bertz CT molecular complexity index is 443. The highest BCUT2D eigenvalue weighted by Gasteiger charge is 2.36. The third kappa shape index (κ3) is 3.14. The molecule has 1 aliphatic heterocycles. The molecule has 0 amide bonds. The minimum atomic E-state index is -0.302. The Morgan fingerprint density at radius 1 is 1.47 bits per heavy atom. The number of benzene rings is 1. The maximum atomic E-state index is 11.3. The fraction of sp³-hybridized carbons (Fsp3) is 0.533. The number of carbonyl (C=O) groups excluding carboxylic acids is 1. The number of ether oxygens (including phenoxy) is 2. The highest BCUT2D eigenvalue weighted by Crippen LogP contribution is 2.25. The number of rotatable bonds is 4. The molecule has 4 heteroatoms. The first-order valence-electron chi connectivity index (χ1n) is 6.59. The molecule has 0 saturated carbocycles. The third-order valence-electron chi connectivity index (χ3n) is 3.96. The van der Waals surface area contributed by atoms with Crippen molar-refractivity contribution in [1.29, 1.82) is 0 Å². The predicted octanol–water partition coefficient (Wildman–Crippen LogP) is 2.13. The Labute approximate surface area is 114 Å². The van der Waals surface area contributed by atoms with Gasteiger partial charge in [-0.15, -0.1) is 0 Å². The van der Waals surface area contributed by atoms with Gasteiger partial charge in [-0.3, -0.25) is 0 Å². The number of esters is 1. The van der Waals surface area contributed by atoms with Gasteiger partial charge in [0.2, 0.25) is 0 Å². The summed E-state index contributed by atoms with van der Waals surface area (Å²) in [5, 5.41) is 3.55. The SMILES string of the molecule is COC(=O)c1ccc(CNC2(C)CCOC2C)cc1. The lowest BCUT2D eigenvalue weighted by Crippen LogP contribution is -2.47. The molecule has 0 spiro atoms. The zero-order valence-electron chi connectivity index (χ0n) is 11.7. The molecule has 1 fully saturated rings. The molecule has 1 aromatic rings. The second-order valence-corrected chi connectivity index (χ2v) is 5.22. The van der Waals surface area contributed by atoms with Crippen LogP contribution in [0.15, 0.2) is 24.3 Å². The topological polar surface area (TPSA) is 47.6 Å². The highest BCUT2D eigenvalue weighted by atomic mass is 16.5. The Morgan fingerprint density at radius 2 is 2.16 bits per heavy atom. The molecule has 1 heterocycles. The van der Waals surface area contributed by atoms with Crippen LogP contribution in [0.25, 0.3) is 0 Å². The Morgan fingerprint density at radius 3 is 2.68 bits per heavy atom. The van der Waals surface area contributed by atoms with E-state index >= 15 is 0 Å².